The molecule has 0 aliphatic heterocycles. The molecule has 0 unspecified atom stereocenters. The number of hydrogen-bond donors (Lipinski definition) is 0. The lowest BCUT2D eigenvalue weighted by Crippen LogP contribution is -2.28. The summed E-state index contributed by atoms with van der Waals surface area (Å²) in [6, 6.07) is 100. The maximum atomic E-state index is 2.54. The van der Waals surface area contributed by atoms with E-state index in [4.69, 9.17) is 0 Å². The summed E-state index contributed by atoms with van der Waals surface area (Å²) in [6.45, 7) is 0. The van der Waals surface area contributed by atoms with E-state index in [-0.39, 0.29) is 0 Å². The number of hydrogen-bond acceptors (Lipinski definition) is 1. The van der Waals surface area contributed by atoms with Crippen molar-refractivity contribution < 1.29 is 0 Å². The van der Waals surface area contributed by atoms with E-state index in [0.29, 0.717) is 0 Å². The first-order valence-electron chi connectivity index (χ1n) is 22.8. The van der Waals surface area contributed by atoms with Gasteiger partial charge in [0.15, 0.2) is 0 Å². The SMILES string of the molecule is c1ccc(-c2cccc(N(c3ccc(-c4ccccc4-c4ccccc4)cc3)c3c4c(cc5ccc(-c6ccccc6)cc35)C(c3ccccc3)(c3ccccc3)c3ccccc3-4)c2)cc1. The highest BCUT2D eigenvalue weighted by atomic mass is 15.1. The molecule has 0 radical (unpaired) electrons. The molecular formula is C65H45N. The van der Waals surface area contributed by atoms with Gasteiger partial charge in [-0.05, 0) is 114 Å². The Hall–Kier alpha value is -8.52. The number of rotatable bonds is 9. The minimum absolute atomic E-state index is 0.585. The third-order valence-corrected chi connectivity index (χ3v) is 13.5. The number of benzene rings is 11. The van der Waals surface area contributed by atoms with Crippen LogP contribution in [0, 0.1) is 0 Å². The molecule has 12 rings (SSSR count). The van der Waals surface area contributed by atoms with Gasteiger partial charge in [-0.3, -0.25) is 0 Å². The molecule has 1 aliphatic rings. The quantitative estimate of drug-likeness (QED) is 0.140. The van der Waals surface area contributed by atoms with Crippen molar-refractivity contribution in [3.05, 3.63) is 295 Å². The second-order valence-electron chi connectivity index (χ2n) is 17.2. The molecule has 1 nitrogen and oxygen atoms in total. The van der Waals surface area contributed by atoms with Gasteiger partial charge in [-0.1, -0.05) is 237 Å². The summed E-state index contributed by atoms with van der Waals surface area (Å²) >= 11 is 0. The third kappa shape index (κ3) is 6.56. The Balaban J connectivity index is 1.19. The van der Waals surface area contributed by atoms with Crippen molar-refractivity contribution in [1.29, 1.82) is 0 Å². The predicted octanol–water partition coefficient (Wildman–Crippen LogP) is 17.3. The monoisotopic (exact) mass is 839 g/mol. The lowest BCUT2D eigenvalue weighted by Gasteiger charge is -2.35. The van der Waals surface area contributed by atoms with Gasteiger partial charge in [-0.2, -0.15) is 0 Å². The van der Waals surface area contributed by atoms with E-state index in [9.17, 15) is 0 Å². The van der Waals surface area contributed by atoms with Gasteiger partial charge in [-0.25, -0.2) is 0 Å². The zero-order valence-corrected chi connectivity index (χ0v) is 36.4. The summed E-state index contributed by atoms with van der Waals surface area (Å²) in [6.07, 6.45) is 0. The van der Waals surface area contributed by atoms with Crippen LogP contribution < -0.4 is 4.90 Å². The van der Waals surface area contributed by atoms with Crippen LogP contribution in [0.15, 0.2) is 273 Å². The number of anilines is 3. The Morgan fingerprint density at radius 3 is 1.32 bits per heavy atom. The highest BCUT2D eigenvalue weighted by molar-refractivity contribution is 6.12. The molecule has 11 aromatic rings. The molecule has 0 amide bonds. The molecule has 0 bridgehead atoms. The average molecular weight is 840 g/mol. The molecule has 0 saturated heterocycles. The van der Waals surface area contributed by atoms with Crippen molar-refractivity contribution in [2.24, 2.45) is 0 Å². The fraction of sp³-hybridized carbons (Fsp3) is 0.0154. The van der Waals surface area contributed by atoms with E-state index < -0.39 is 5.41 Å². The minimum atomic E-state index is -0.585. The zero-order chi connectivity index (χ0) is 43.9. The average Bonchev–Trinajstić information content (AvgIpc) is 3.70. The van der Waals surface area contributed by atoms with E-state index in [1.807, 2.05) is 0 Å². The maximum absolute atomic E-state index is 2.54. The molecule has 0 N–H and O–H groups in total. The van der Waals surface area contributed by atoms with Crippen molar-refractivity contribution >= 4 is 27.8 Å². The summed E-state index contributed by atoms with van der Waals surface area (Å²) in [4.78, 5) is 2.54. The topological polar surface area (TPSA) is 3.24 Å². The number of fused-ring (bicyclic) bond motifs is 4. The van der Waals surface area contributed by atoms with Crippen molar-refractivity contribution in [3.8, 4) is 55.6 Å². The second-order valence-corrected chi connectivity index (χ2v) is 17.2. The summed E-state index contributed by atoms with van der Waals surface area (Å²) in [5, 5.41) is 2.37. The summed E-state index contributed by atoms with van der Waals surface area (Å²) in [5.74, 6) is 0. The first kappa shape index (κ1) is 39.1. The van der Waals surface area contributed by atoms with Gasteiger partial charge >= 0.3 is 0 Å². The maximum Gasteiger partial charge on any atom is 0.0714 e. The van der Waals surface area contributed by atoms with Crippen LogP contribution in [0.1, 0.15) is 22.3 Å². The molecule has 0 atom stereocenters. The summed E-state index contributed by atoms with van der Waals surface area (Å²) in [7, 11) is 0. The van der Waals surface area contributed by atoms with Crippen molar-refractivity contribution in [3.63, 3.8) is 0 Å². The van der Waals surface area contributed by atoms with Gasteiger partial charge in [-0.15, -0.1) is 0 Å². The van der Waals surface area contributed by atoms with Gasteiger partial charge in [0.1, 0.15) is 0 Å². The fourth-order valence-electron chi connectivity index (χ4n) is 10.6. The van der Waals surface area contributed by atoms with Gasteiger partial charge in [0.2, 0.25) is 0 Å². The van der Waals surface area contributed by atoms with Gasteiger partial charge in [0, 0.05) is 22.3 Å². The highest BCUT2D eigenvalue weighted by Crippen LogP contribution is 2.61. The molecule has 310 valence electrons. The van der Waals surface area contributed by atoms with E-state index in [1.54, 1.807) is 0 Å². The first-order chi connectivity index (χ1) is 32.8. The summed E-state index contributed by atoms with van der Waals surface area (Å²) in [5.41, 5.74) is 19.8. The van der Waals surface area contributed by atoms with Crippen LogP contribution in [0.4, 0.5) is 17.1 Å². The van der Waals surface area contributed by atoms with Crippen LogP contribution in [0.3, 0.4) is 0 Å². The largest absolute Gasteiger partial charge is 0.309 e. The van der Waals surface area contributed by atoms with Gasteiger partial charge < -0.3 is 4.90 Å². The Kier molecular flexibility index (Phi) is 9.81. The number of nitrogens with zero attached hydrogens (tertiary/aromatic N) is 1. The third-order valence-electron chi connectivity index (χ3n) is 13.5. The van der Waals surface area contributed by atoms with Crippen LogP contribution in [0.2, 0.25) is 0 Å². The molecule has 0 aromatic heterocycles. The smallest absolute Gasteiger partial charge is 0.0714 e. The fourth-order valence-corrected chi connectivity index (χ4v) is 10.6. The van der Waals surface area contributed by atoms with Crippen LogP contribution >= 0.6 is 0 Å². The van der Waals surface area contributed by atoms with Crippen molar-refractivity contribution in [2.75, 3.05) is 4.90 Å². The van der Waals surface area contributed by atoms with Gasteiger partial charge in [0.25, 0.3) is 0 Å². The Bertz CT molecular complexity index is 3450. The molecule has 0 heterocycles. The lowest BCUT2D eigenvalue weighted by atomic mass is 9.67. The van der Waals surface area contributed by atoms with Crippen LogP contribution in [0.5, 0.6) is 0 Å². The molecule has 0 saturated carbocycles. The standard InChI is InChI=1S/C65H45N/c1-6-21-46(22-7-1)50-27-20-32-56(43-50)66(55-41-39-49(40-42-55)58-34-17-16-33-57(58)48-25-10-3-11-26-48)64-60-44-51(47-23-8-2-9-24-47)37-38-52(60)45-62-63(64)59-35-18-19-36-61(59)65(62,53-28-12-4-13-29-53)54-30-14-5-15-31-54/h1-45H. The first-order valence-corrected chi connectivity index (χ1v) is 22.8. The predicted molar refractivity (Wildman–Crippen MR) is 278 cm³/mol. The second kappa shape index (κ2) is 16.6. The van der Waals surface area contributed by atoms with Crippen LogP contribution in [-0.2, 0) is 5.41 Å². The molecule has 0 fully saturated rings. The van der Waals surface area contributed by atoms with Crippen LogP contribution in [0.25, 0.3) is 66.4 Å². The Morgan fingerprint density at radius 1 is 0.273 bits per heavy atom. The molecule has 66 heavy (non-hydrogen) atoms. The molecule has 0 spiro atoms. The van der Waals surface area contributed by atoms with Crippen molar-refractivity contribution in [1.82, 2.24) is 0 Å². The van der Waals surface area contributed by atoms with E-state index in [0.717, 1.165) is 22.6 Å². The molecule has 1 heteroatoms. The molecule has 1 aliphatic carbocycles. The Morgan fingerprint density at radius 2 is 0.727 bits per heavy atom. The summed E-state index contributed by atoms with van der Waals surface area (Å²) < 4.78 is 0. The lowest BCUT2D eigenvalue weighted by molar-refractivity contribution is 0.769. The molecule has 11 aromatic carbocycles. The van der Waals surface area contributed by atoms with Crippen LogP contribution in [-0.4, -0.2) is 0 Å². The van der Waals surface area contributed by atoms with E-state index >= 15 is 0 Å². The van der Waals surface area contributed by atoms with E-state index in [1.165, 1.54) is 83.1 Å². The van der Waals surface area contributed by atoms with Crippen molar-refractivity contribution in [2.45, 2.75) is 5.41 Å². The normalized spacial score (nSPS) is 12.4. The zero-order valence-electron chi connectivity index (χ0n) is 36.4. The minimum Gasteiger partial charge on any atom is -0.309 e. The Labute approximate surface area is 387 Å². The molecular weight excluding hydrogens is 795 g/mol. The van der Waals surface area contributed by atoms with Gasteiger partial charge in [0.05, 0.1) is 11.1 Å². The van der Waals surface area contributed by atoms with E-state index in [2.05, 4.69) is 278 Å². The highest BCUT2D eigenvalue weighted by Gasteiger charge is 2.48.